The van der Waals surface area contributed by atoms with Crippen molar-refractivity contribution in [2.24, 2.45) is 0 Å². The van der Waals surface area contributed by atoms with E-state index in [1.807, 2.05) is 0 Å². The molecule has 9 heteroatoms. The first kappa shape index (κ1) is 15.2. The highest BCUT2D eigenvalue weighted by molar-refractivity contribution is 6.20. The third-order valence-corrected chi connectivity index (χ3v) is 3.65. The number of hydrogen-bond donors (Lipinski definition) is 1. The molecule has 1 aliphatic carbocycles. The van der Waals surface area contributed by atoms with Gasteiger partial charge >= 0.3 is 6.18 Å². The van der Waals surface area contributed by atoms with Gasteiger partial charge in [0.2, 0.25) is 11.6 Å². The van der Waals surface area contributed by atoms with Crippen LogP contribution in [-0.4, -0.2) is 25.7 Å². The number of pyridine rings is 2. The molecule has 1 N–H and O–H groups in total. The Labute approximate surface area is 138 Å². The molecule has 1 aliphatic rings. The molecule has 124 valence electrons. The maximum absolute atomic E-state index is 12.8. The maximum Gasteiger partial charge on any atom is 0.451 e. The molecule has 3 aromatic heterocycles. The van der Waals surface area contributed by atoms with Crippen molar-refractivity contribution in [3.63, 3.8) is 0 Å². The molecule has 0 aromatic carbocycles. The highest BCUT2D eigenvalue weighted by Gasteiger charge is 2.38. The number of carbonyl (C=O) groups is 1. The van der Waals surface area contributed by atoms with Crippen molar-refractivity contribution in [2.45, 2.75) is 6.18 Å². The Morgan fingerprint density at radius 3 is 2.40 bits per heavy atom. The summed E-state index contributed by atoms with van der Waals surface area (Å²) < 4.78 is 38.3. The predicted octanol–water partition coefficient (Wildman–Crippen LogP) is 3.24. The highest BCUT2D eigenvalue weighted by atomic mass is 19.4. The zero-order chi connectivity index (χ0) is 17.6. The summed E-state index contributed by atoms with van der Waals surface area (Å²) >= 11 is 0. The predicted molar refractivity (Wildman–Crippen MR) is 81.2 cm³/mol. The van der Waals surface area contributed by atoms with Crippen molar-refractivity contribution >= 4 is 17.3 Å². The maximum atomic E-state index is 12.8. The molecule has 0 spiro atoms. The van der Waals surface area contributed by atoms with E-state index in [1.54, 1.807) is 30.6 Å². The number of halogens is 3. The number of nitrogens with zero attached hydrogens (tertiary/aromatic N) is 4. The fraction of sp³-hybridized carbons (Fsp3) is 0.0625. The summed E-state index contributed by atoms with van der Waals surface area (Å²) in [4.78, 5) is 27.1. The lowest BCUT2D eigenvalue weighted by Crippen LogP contribution is -2.13. The van der Waals surface area contributed by atoms with E-state index in [0.717, 1.165) is 11.9 Å². The fourth-order valence-corrected chi connectivity index (χ4v) is 2.53. The van der Waals surface area contributed by atoms with E-state index < -0.39 is 17.8 Å². The van der Waals surface area contributed by atoms with E-state index in [9.17, 15) is 18.0 Å². The van der Waals surface area contributed by atoms with Crippen LogP contribution in [0.5, 0.6) is 0 Å². The molecular formula is C16H8F3N5O. The number of aromatic nitrogens is 4. The van der Waals surface area contributed by atoms with Crippen molar-refractivity contribution in [2.75, 3.05) is 5.32 Å². The number of alkyl halides is 3. The van der Waals surface area contributed by atoms with Gasteiger partial charge in [-0.25, -0.2) is 15.0 Å². The van der Waals surface area contributed by atoms with E-state index in [0.29, 0.717) is 11.4 Å². The number of carbonyl (C=O) groups excluding carboxylic acids is 1. The van der Waals surface area contributed by atoms with Gasteiger partial charge in [-0.15, -0.1) is 0 Å². The normalized spacial score (nSPS) is 12.7. The molecule has 3 heterocycles. The lowest BCUT2D eigenvalue weighted by atomic mass is 10.1. The van der Waals surface area contributed by atoms with Crippen LogP contribution < -0.4 is 5.32 Å². The summed E-state index contributed by atoms with van der Waals surface area (Å²) in [6.07, 6.45) is 0.819. The van der Waals surface area contributed by atoms with Gasteiger partial charge in [-0.3, -0.25) is 9.78 Å². The van der Waals surface area contributed by atoms with Crippen LogP contribution in [0.1, 0.15) is 21.9 Å². The zero-order valence-corrected chi connectivity index (χ0v) is 12.4. The van der Waals surface area contributed by atoms with Gasteiger partial charge in [0.25, 0.3) is 0 Å². The monoisotopic (exact) mass is 343 g/mol. The van der Waals surface area contributed by atoms with Gasteiger partial charge in [0.1, 0.15) is 11.5 Å². The molecule has 0 radical (unpaired) electrons. The van der Waals surface area contributed by atoms with Crippen LogP contribution in [-0.2, 0) is 6.18 Å². The van der Waals surface area contributed by atoms with E-state index in [4.69, 9.17) is 0 Å². The van der Waals surface area contributed by atoms with Crippen molar-refractivity contribution in [3.05, 3.63) is 60.1 Å². The van der Waals surface area contributed by atoms with Crippen LogP contribution >= 0.6 is 0 Å². The molecule has 0 atom stereocenters. The molecule has 0 unspecified atom stereocenters. The molecule has 25 heavy (non-hydrogen) atoms. The van der Waals surface area contributed by atoms with Crippen LogP contribution in [0.15, 0.2) is 43.0 Å². The fourth-order valence-electron chi connectivity index (χ4n) is 2.53. The highest BCUT2D eigenvalue weighted by Crippen LogP contribution is 2.37. The Balaban J connectivity index is 1.76. The van der Waals surface area contributed by atoms with Crippen LogP contribution in [0.2, 0.25) is 0 Å². The molecule has 0 saturated heterocycles. The second-order valence-electron chi connectivity index (χ2n) is 5.26. The van der Waals surface area contributed by atoms with Crippen LogP contribution in [0.25, 0.3) is 11.1 Å². The number of rotatable bonds is 2. The molecule has 0 bridgehead atoms. The number of anilines is 2. The number of ketones is 1. The standard InChI is InChI=1S/C16H8F3N5O/c17-16(18,19)15-22-6-10-9-5-12(23-8-1-3-20-4-2-8)21-7-11(9)14(25)13(10)24-15/h1-7H,(H,20,21,23). The van der Waals surface area contributed by atoms with Gasteiger partial charge < -0.3 is 5.32 Å². The molecule has 4 rings (SSSR count). The van der Waals surface area contributed by atoms with Gasteiger partial charge in [-0.1, -0.05) is 0 Å². The van der Waals surface area contributed by atoms with Crippen LogP contribution in [0.3, 0.4) is 0 Å². The van der Waals surface area contributed by atoms with Gasteiger partial charge in [0, 0.05) is 41.6 Å². The molecule has 3 aromatic rings. The van der Waals surface area contributed by atoms with Crippen molar-refractivity contribution in [1.29, 1.82) is 0 Å². The van der Waals surface area contributed by atoms with Crippen molar-refractivity contribution in [3.8, 4) is 11.1 Å². The van der Waals surface area contributed by atoms with Gasteiger partial charge in [-0.2, -0.15) is 13.2 Å². The summed E-state index contributed by atoms with van der Waals surface area (Å²) in [7, 11) is 0. The summed E-state index contributed by atoms with van der Waals surface area (Å²) in [5.41, 5.74) is 1.37. The minimum absolute atomic E-state index is 0.198. The molecule has 0 saturated carbocycles. The van der Waals surface area contributed by atoms with Gasteiger partial charge in [-0.05, 0) is 18.2 Å². The summed E-state index contributed by atoms with van der Waals surface area (Å²) in [6, 6.07) is 5.04. The Bertz CT molecular complexity index is 989. The Hall–Kier alpha value is -3.36. The van der Waals surface area contributed by atoms with Crippen molar-refractivity contribution < 1.29 is 18.0 Å². The quantitative estimate of drug-likeness (QED) is 0.602. The smallest absolute Gasteiger partial charge is 0.340 e. The summed E-state index contributed by atoms with van der Waals surface area (Å²) in [5.74, 6) is -1.50. The first-order valence-electron chi connectivity index (χ1n) is 7.10. The lowest BCUT2D eigenvalue weighted by molar-refractivity contribution is -0.145. The molecule has 0 amide bonds. The third kappa shape index (κ3) is 2.59. The average Bonchev–Trinajstić information content (AvgIpc) is 2.87. The van der Waals surface area contributed by atoms with Gasteiger partial charge in [0.15, 0.2) is 0 Å². The molecular weight excluding hydrogens is 335 g/mol. The van der Waals surface area contributed by atoms with E-state index >= 15 is 0 Å². The number of fused-ring (bicyclic) bond motifs is 3. The third-order valence-electron chi connectivity index (χ3n) is 3.65. The van der Waals surface area contributed by atoms with Crippen molar-refractivity contribution in [1.82, 2.24) is 19.9 Å². The van der Waals surface area contributed by atoms with E-state index in [1.165, 1.54) is 6.20 Å². The first-order chi connectivity index (χ1) is 11.9. The largest absolute Gasteiger partial charge is 0.451 e. The molecule has 0 aliphatic heterocycles. The van der Waals surface area contributed by atoms with E-state index in [2.05, 4.69) is 25.3 Å². The number of hydrogen-bond acceptors (Lipinski definition) is 6. The minimum Gasteiger partial charge on any atom is -0.340 e. The Morgan fingerprint density at radius 2 is 1.68 bits per heavy atom. The second-order valence-corrected chi connectivity index (χ2v) is 5.26. The average molecular weight is 343 g/mol. The van der Waals surface area contributed by atoms with Crippen LogP contribution in [0, 0.1) is 0 Å². The van der Waals surface area contributed by atoms with E-state index in [-0.39, 0.29) is 16.8 Å². The van der Waals surface area contributed by atoms with Crippen LogP contribution in [0.4, 0.5) is 24.7 Å². The lowest BCUT2D eigenvalue weighted by Gasteiger charge is -2.07. The Kier molecular flexibility index (Phi) is 3.24. The second kappa shape index (κ2) is 5.33. The molecule has 6 nitrogen and oxygen atoms in total. The zero-order valence-electron chi connectivity index (χ0n) is 12.4. The first-order valence-corrected chi connectivity index (χ1v) is 7.10. The summed E-state index contributed by atoms with van der Waals surface area (Å²) in [6.45, 7) is 0. The van der Waals surface area contributed by atoms with Gasteiger partial charge in [0.05, 0.1) is 5.56 Å². The number of nitrogens with one attached hydrogen (secondary N) is 1. The SMILES string of the molecule is O=C1c2cnc(Nc3ccncc3)cc2-c2cnc(C(F)(F)F)nc21. The topological polar surface area (TPSA) is 80.7 Å². The molecule has 0 fully saturated rings. The summed E-state index contributed by atoms with van der Waals surface area (Å²) in [5, 5.41) is 3.03. The Morgan fingerprint density at radius 1 is 0.960 bits per heavy atom. The minimum atomic E-state index is -4.71.